The van der Waals surface area contributed by atoms with Crippen molar-refractivity contribution in [3.63, 3.8) is 0 Å². The first-order valence-corrected chi connectivity index (χ1v) is 5.63. The fourth-order valence-electron chi connectivity index (χ4n) is 1.95. The van der Waals surface area contributed by atoms with Crippen molar-refractivity contribution in [3.8, 4) is 0 Å². The van der Waals surface area contributed by atoms with E-state index in [2.05, 4.69) is 9.97 Å². The molecule has 0 aliphatic heterocycles. The molecule has 17 heavy (non-hydrogen) atoms. The molecule has 0 saturated carbocycles. The summed E-state index contributed by atoms with van der Waals surface area (Å²) in [5, 5.41) is 9.73. The zero-order valence-electron chi connectivity index (χ0n) is 10.5. The molecule has 0 atom stereocenters. The number of hydrogen-bond acceptors (Lipinski definition) is 4. The second-order valence-electron chi connectivity index (χ2n) is 5.04. The molecule has 0 saturated heterocycles. The fraction of sp³-hybridized carbons (Fsp3) is 0.500. The summed E-state index contributed by atoms with van der Waals surface area (Å²) in [5.41, 5.74) is 0.266. The zero-order valence-corrected chi connectivity index (χ0v) is 10.5. The predicted octanol–water partition coefficient (Wildman–Crippen LogP) is 0.932. The number of aromatic nitrogens is 3. The maximum absolute atomic E-state index is 9.73. The first-order chi connectivity index (χ1) is 7.94. The molecule has 2 rings (SSSR count). The lowest BCUT2D eigenvalue weighted by Gasteiger charge is -2.24. The van der Waals surface area contributed by atoms with Gasteiger partial charge >= 0.3 is 0 Å². The Balaban J connectivity index is 2.08. The monoisotopic (exact) mass is 234 g/mol. The van der Waals surface area contributed by atoms with E-state index >= 15 is 0 Å². The van der Waals surface area contributed by atoms with Crippen molar-refractivity contribution >= 4 is 5.78 Å². The molecule has 0 amide bonds. The van der Waals surface area contributed by atoms with Crippen LogP contribution in [0.1, 0.15) is 19.5 Å². The van der Waals surface area contributed by atoms with Gasteiger partial charge < -0.3 is 5.11 Å². The number of nitrogens with zero attached hydrogens (tertiary/aromatic N) is 4. The van der Waals surface area contributed by atoms with Gasteiger partial charge in [-0.15, -0.1) is 0 Å². The number of fused-ring (bicyclic) bond motifs is 1. The van der Waals surface area contributed by atoms with E-state index in [0.717, 1.165) is 5.69 Å². The van der Waals surface area contributed by atoms with Crippen LogP contribution in [0.5, 0.6) is 0 Å². The Morgan fingerprint density at radius 3 is 2.88 bits per heavy atom. The Bertz CT molecular complexity index is 467. The van der Waals surface area contributed by atoms with E-state index in [4.69, 9.17) is 0 Å². The topological polar surface area (TPSA) is 53.7 Å². The highest BCUT2D eigenvalue weighted by Gasteiger charge is 2.16. The highest BCUT2D eigenvalue weighted by molar-refractivity contribution is 5.29. The Morgan fingerprint density at radius 1 is 1.47 bits per heavy atom. The quantitative estimate of drug-likeness (QED) is 0.855. The molecule has 0 radical (unpaired) electrons. The number of aliphatic hydroxyl groups is 1. The highest BCUT2D eigenvalue weighted by atomic mass is 16.3. The molecule has 1 N–H and O–H groups in total. The van der Waals surface area contributed by atoms with E-state index < -0.39 is 5.60 Å². The van der Waals surface area contributed by atoms with Crippen molar-refractivity contribution in [1.29, 1.82) is 0 Å². The van der Waals surface area contributed by atoms with Gasteiger partial charge in [-0.3, -0.25) is 9.30 Å². The Labute approximate surface area is 101 Å². The number of hydrogen-bond donors (Lipinski definition) is 1. The molecule has 0 bridgehead atoms. The summed E-state index contributed by atoms with van der Waals surface area (Å²) in [5.74, 6) is 0.708. The SMILES string of the molecule is CN(Cc1cn2cccnc2n1)CC(C)(C)O. The van der Waals surface area contributed by atoms with Gasteiger partial charge in [0.05, 0.1) is 11.3 Å². The maximum atomic E-state index is 9.73. The minimum atomic E-state index is -0.688. The molecule has 5 nitrogen and oxygen atoms in total. The number of imidazole rings is 1. The van der Waals surface area contributed by atoms with Crippen molar-refractivity contribution in [2.75, 3.05) is 13.6 Å². The van der Waals surface area contributed by atoms with Crippen LogP contribution in [-0.4, -0.2) is 43.6 Å². The van der Waals surface area contributed by atoms with Gasteiger partial charge in [0.1, 0.15) is 0 Å². The van der Waals surface area contributed by atoms with Gasteiger partial charge in [0, 0.05) is 31.7 Å². The standard InChI is InChI=1S/C12H18N4O/c1-12(2,17)9-15(3)7-10-8-16-6-4-5-13-11(16)14-10/h4-6,8,17H,7,9H2,1-3H3. The largest absolute Gasteiger partial charge is 0.389 e. The van der Waals surface area contributed by atoms with Crippen LogP contribution in [0.15, 0.2) is 24.7 Å². The van der Waals surface area contributed by atoms with Crippen LogP contribution in [0.3, 0.4) is 0 Å². The van der Waals surface area contributed by atoms with Crippen LogP contribution in [0.25, 0.3) is 5.78 Å². The molecule has 0 aliphatic rings. The van der Waals surface area contributed by atoms with Gasteiger partial charge in [-0.1, -0.05) is 0 Å². The first-order valence-electron chi connectivity index (χ1n) is 5.63. The molecule has 0 unspecified atom stereocenters. The van der Waals surface area contributed by atoms with Crippen LogP contribution < -0.4 is 0 Å². The summed E-state index contributed by atoms with van der Waals surface area (Å²) in [6.07, 6.45) is 5.62. The third-order valence-electron chi connectivity index (χ3n) is 2.37. The van der Waals surface area contributed by atoms with E-state index in [1.54, 1.807) is 20.0 Å². The molecular formula is C12H18N4O. The van der Waals surface area contributed by atoms with E-state index in [1.165, 1.54) is 0 Å². The summed E-state index contributed by atoms with van der Waals surface area (Å²) in [6, 6.07) is 1.87. The number of likely N-dealkylation sites (N-methyl/N-ethyl adjacent to an activating group) is 1. The minimum Gasteiger partial charge on any atom is -0.389 e. The molecule has 0 aliphatic carbocycles. The van der Waals surface area contributed by atoms with E-state index in [-0.39, 0.29) is 0 Å². The molecule has 0 fully saturated rings. The Hall–Kier alpha value is -1.46. The van der Waals surface area contributed by atoms with Gasteiger partial charge in [-0.2, -0.15) is 0 Å². The van der Waals surface area contributed by atoms with Crippen molar-refractivity contribution < 1.29 is 5.11 Å². The summed E-state index contributed by atoms with van der Waals surface area (Å²) >= 11 is 0. The molecule has 2 aromatic heterocycles. The van der Waals surface area contributed by atoms with E-state index in [0.29, 0.717) is 18.9 Å². The lowest BCUT2D eigenvalue weighted by atomic mass is 10.1. The second-order valence-corrected chi connectivity index (χ2v) is 5.04. The molecule has 2 aromatic rings. The van der Waals surface area contributed by atoms with Crippen molar-refractivity contribution in [2.24, 2.45) is 0 Å². The van der Waals surface area contributed by atoms with Crippen molar-refractivity contribution in [2.45, 2.75) is 26.0 Å². The predicted molar refractivity (Wildman–Crippen MR) is 65.6 cm³/mol. The maximum Gasteiger partial charge on any atom is 0.233 e. The average molecular weight is 234 g/mol. The van der Waals surface area contributed by atoms with E-state index in [1.807, 2.05) is 34.8 Å². The van der Waals surface area contributed by atoms with Crippen LogP contribution in [0, 0.1) is 0 Å². The van der Waals surface area contributed by atoms with Gasteiger partial charge in [0.15, 0.2) is 0 Å². The fourth-order valence-corrected chi connectivity index (χ4v) is 1.95. The molecule has 5 heteroatoms. The van der Waals surface area contributed by atoms with Crippen LogP contribution in [0.4, 0.5) is 0 Å². The van der Waals surface area contributed by atoms with Gasteiger partial charge in [-0.25, -0.2) is 9.97 Å². The summed E-state index contributed by atoms with van der Waals surface area (Å²) < 4.78 is 1.90. The van der Waals surface area contributed by atoms with Crippen molar-refractivity contribution in [1.82, 2.24) is 19.3 Å². The third-order valence-corrected chi connectivity index (χ3v) is 2.37. The normalized spacial score (nSPS) is 12.5. The molecule has 0 spiro atoms. The summed E-state index contributed by atoms with van der Waals surface area (Å²) in [4.78, 5) is 10.6. The third kappa shape index (κ3) is 3.25. The van der Waals surface area contributed by atoms with Gasteiger partial charge in [0.2, 0.25) is 5.78 Å². The lowest BCUT2D eigenvalue weighted by Crippen LogP contribution is -2.35. The summed E-state index contributed by atoms with van der Waals surface area (Å²) in [7, 11) is 1.97. The van der Waals surface area contributed by atoms with Gasteiger partial charge in [0.25, 0.3) is 0 Å². The highest BCUT2D eigenvalue weighted by Crippen LogP contribution is 2.08. The summed E-state index contributed by atoms with van der Waals surface area (Å²) in [6.45, 7) is 4.91. The zero-order chi connectivity index (χ0) is 12.5. The Kier molecular flexibility index (Phi) is 3.13. The number of rotatable bonds is 4. The van der Waals surface area contributed by atoms with Crippen LogP contribution >= 0.6 is 0 Å². The molecule has 2 heterocycles. The van der Waals surface area contributed by atoms with Crippen molar-refractivity contribution in [3.05, 3.63) is 30.4 Å². The first kappa shape index (κ1) is 12.0. The average Bonchev–Trinajstić information content (AvgIpc) is 2.55. The van der Waals surface area contributed by atoms with Crippen LogP contribution in [0.2, 0.25) is 0 Å². The minimum absolute atomic E-state index is 0.605. The molecule has 92 valence electrons. The lowest BCUT2D eigenvalue weighted by molar-refractivity contribution is 0.0422. The second kappa shape index (κ2) is 4.43. The molecule has 0 aromatic carbocycles. The smallest absolute Gasteiger partial charge is 0.233 e. The van der Waals surface area contributed by atoms with Crippen LogP contribution in [-0.2, 0) is 6.54 Å². The molecular weight excluding hydrogens is 216 g/mol. The van der Waals surface area contributed by atoms with Gasteiger partial charge in [-0.05, 0) is 27.0 Å². The van der Waals surface area contributed by atoms with E-state index in [9.17, 15) is 5.11 Å². The Morgan fingerprint density at radius 2 is 2.24 bits per heavy atom.